The average Bonchev–Trinajstić information content (AvgIpc) is 2.58. The van der Waals surface area contributed by atoms with E-state index in [4.69, 9.17) is 4.74 Å². The second-order valence-corrected chi connectivity index (χ2v) is 6.71. The number of aliphatic hydroxyl groups excluding tert-OH is 1. The normalized spacial score (nSPS) is 20.2. The number of piperidine rings is 1. The van der Waals surface area contributed by atoms with Crippen LogP contribution < -0.4 is 4.74 Å². The zero-order chi connectivity index (χ0) is 16.7. The standard InChI is InChI=1S/C20H31NO2/c1-4-18-7-5-6-13-21(18)14-12-20(22)17-8-10-19(11-9-17)23-15-16(2)3/h8-11,18,20,22H,2,4-7,12-15H2,1,3H3. The summed E-state index contributed by atoms with van der Waals surface area (Å²) in [7, 11) is 0. The lowest BCUT2D eigenvalue weighted by molar-refractivity contribution is 0.101. The predicted octanol–water partition coefficient (Wildman–Crippen LogP) is 4.33. The van der Waals surface area contributed by atoms with Crippen LogP contribution in [0.25, 0.3) is 0 Å². The van der Waals surface area contributed by atoms with Gasteiger partial charge in [0.25, 0.3) is 0 Å². The topological polar surface area (TPSA) is 32.7 Å². The van der Waals surface area contributed by atoms with Crippen LogP contribution in [0, 0.1) is 0 Å². The second kappa shape index (κ2) is 9.09. The van der Waals surface area contributed by atoms with Crippen LogP contribution in [0.4, 0.5) is 0 Å². The first-order valence-corrected chi connectivity index (χ1v) is 8.89. The van der Waals surface area contributed by atoms with E-state index in [0.29, 0.717) is 12.6 Å². The highest BCUT2D eigenvalue weighted by Gasteiger charge is 2.21. The molecule has 0 amide bonds. The van der Waals surface area contributed by atoms with Gasteiger partial charge in [0, 0.05) is 12.6 Å². The van der Waals surface area contributed by atoms with Crippen molar-refractivity contribution in [2.24, 2.45) is 0 Å². The molecule has 2 rings (SSSR count). The summed E-state index contributed by atoms with van der Waals surface area (Å²) in [5.41, 5.74) is 1.97. The lowest BCUT2D eigenvalue weighted by atomic mass is 9.98. The van der Waals surface area contributed by atoms with Gasteiger partial charge in [-0.2, -0.15) is 0 Å². The number of benzene rings is 1. The minimum absolute atomic E-state index is 0.398. The molecule has 3 heteroatoms. The summed E-state index contributed by atoms with van der Waals surface area (Å²) in [5, 5.41) is 10.4. The van der Waals surface area contributed by atoms with Gasteiger partial charge in [0.15, 0.2) is 0 Å². The van der Waals surface area contributed by atoms with Crippen LogP contribution in [-0.4, -0.2) is 35.7 Å². The lowest BCUT2D eigenvalue weighted by Gasteiger charge is -2.35. The van der Waals surface area contributed by atoms with Gasteiger partial charge in [-0.1, -0.05) is 32.1 Å². The Bertz CT molecular complexity index is 483. The third-order valence-electron chi connectivity index (χ3n) is 4.66. The number of ether oxygens (including phenoxy) is 1. The van der Waals surface area contributed by atoms with Crippen molar-refractivity contribution in [2.75, 3.05) is 19.7 Å². The van der Waals surface area contributed by atoms with Gasteiger partial charge >= 0.3 is 0 Å². The first kappa shape index (κ1) is 18.0. The maximum atomic E-state index is 10.4. The number of hydrogen-bond acceptors (Lipinski definition) is 3. The van der Waals surface area contributed by atoms with E-state index in [1.807, 2.05) is 31.2 Å². The third-order valence-corrected chi connectivity index (χ3v) is 4.66. The van der Waals surface area contributed by atoms with Gasteiger partial charge in [-0.3, -0.25) is 0 Å². The molecule has 0 aromatic heterocycles. The van der Waals surface area contributed by atoms with Crippen molar-refractivity contribution in [3.05, 3.63) is 42.0 Å². The van der Waals surface area contributed by atoms with Gasteiger partial charge in [-0.05, 0) is 62.4 Å². The van der Waals surface area contributed by atoms with Crippen LogP contribution in [0.15, 0.2) is 36.4 Å². The van der Waals surface area contributed by atoms with Crippen LogP contribution in [0.3, 0.4) is 0 Å². The van der Waals surface area contributed by atoms with E-state index < -0.39 is 6.10 Å². The fourth-order valence-electron chi connectivity index (χ4n) is 3.26. The van der Waals surface area contributed by atoms with Crippen molar-refractivity contribution in [1.29, 1.82) is 0 Å². The Hall–Kier alpha value is -1.32. The van der Waals surface area contributed by atoms with E-state index >= 15 is 0 Å². The fraction of sp³-hybridized carbons (Fsp3) is 0.600. The molecule has 1 aliphatic rings. The molecule has 1 N–H and O–H groups in total. The molecule has 2 unspecified atom stereocenters. The van der Waals surface area contributed by atoms with Crippen LogP contribution in [0.1, 0.15) is 57.6 Å². The Morgan fingerprint density at radius 2 is 2.09 bits per heavy atom. The first-order valence-electron chi connectivity index (χ1n) is 8.89. The number of hydrogen-bond donors (Lipinski definition) is 1. The smallest absolute Gasteiger partial charge is 0.119 e. The summed E-state index contributed by atoms with van der Waals surface area (Å²) < 4.78 is 5.60. The second-order valence-electron chi connectivity index (χ2n) is 6.71. The molecule has 1 aliphatic heterocycles. The zero-order valence-electron chi connectivity index (χ0n) is 14.6. The molecule has 0 aliphatic carbocycles. The minimum atomic E-state index is -0.398. The van der Waals surface area contributed by atoms with E-state index in [0.717, 1.165) is 29.9 Å². The highest BCUT2D eigenvalue weighted by molar-refractivity contribution is 5.28. The van der Waals surface area contributed by atoms with Gasteiger partial charge in [-0.15, -0.1) is 0 Å². The summed E-state index contributed by atoms with van der Waals surface area (Å²) in [6.07, 6.45) is 5.56. The molecular formula is C20H31NO2. The van der Waals surface area contributed by atoms with E-state index in [2.05, 4.69) is 18.4 Å². The molecule has 1 heterocycles. The SMILES string of the molecule is C=C(C)COc1ccc(C(O)CCN2CCCCC2CC)cc1. The maximum absolute atomic E-state index is 10.4. The zero-order valence-corrected chi connectivity index (χ0v) is 14.6. The number of likely N-dealkylation sites (tertiary alicyclic amines) is 1. The predicted molar refractivity (Wildman–Crippen MR) is 95.8 cm³/mol. The summed E-state index contributed by atoms with van der Waals surface area (Å²) in [6.45, 7) is 10.7. The molecule has 0 spiro atoms. The Morgan fingerprint density at radius 1 is 1.35 bits per heavy atom. The number of nitrogens with zero attached hydrogens (tertiary/aromatic N) is 1. The van der Waals surface area contributed by atoms with Crippen molar-refractivity contribution >= 4 is 0 Å². The molecule has 1 aromatic rings. The van der Waals surface area contributed by atoms with Crippen LogP contribution >= 0.6 is 0 Å². The van der Waals surface area contributed by atoms with Gasteiger partial charge in [0.2, 0.25) is 0 Å². The van der Waals surface area contributed by atoms with Crippen molar-refractivity contribution in [2.45, 2.75) is 58.1 Å². The molecule has 0 saturated carbocycles. The monoisotopic (exact) mass is 317 g/mol. The maximum Gasteiger partial charge on any atom is 0.119 e. The van der Waals surface area contributed by atoms with Gasteiger partial charge in [0.1, 0.15) is 12.4 Å². The van der Waals surface area contributed by atoms with Crippen LogP contribution in [-0.2, 0) is 0 Å². The molecule has 128 valence electrons. The summed E-state index contributed by atoms with van der Waals surface area (Å²) in [4.78, 5) is 2.55. The summed E-state index contributed by atoms with van der Waals surface area (Å²) in [5.74, 6) is 0.825. The molecule has 1 aromatic carbocycles. The molecular weight excluding hydrogens is 286 g/mol. The average molecular weight is 317 g/mol. The molecule has 0 bridgehead atoms. The summed E-state index contributed by atoms with van der Waals surface area (Å²) >= 11 is 0. The number of rotatable bonds is 8. The summed E-state index contributed by atoms with van der Waals surface area (Å²) in [6, 6.07) is 8.49. The van der Waals surface area contributed by atoms with Crippen LogP contribution in [0.5, 0.6) is 5.75 Å². The van der Waals surface area contributed by atoms with E-state index in [1.54, 1.807) is 0 Å². The molecule has 2 atom stereocenters. The van der Waals surface area contributed by atoms with Gasteiger partial charge in [-0.25, -0.2) is 0 Å². The molecule has 23 heavy (non-hydrogen) atoms. The number of aliphatic hydroxyl groups is 1. The minimum Gasteiger partial charge on any atom is -0.489 e. The molecule has 1 saturated heterocycles. The van der Waals surface area contributed by atoms with E-state index in [-0.39, 0.29) is 0 Å². The van der Waals surface area contributed by atoms with Crippen LogP contribution in [0.2, 0.25) is 0 Å². The molecule has 0 radical (unpaired) electrons. The third kappa shape index (κ3) is 5.67. The highest BCUT2D eigenvalue weighted by atomic mass is 16.5. The van der Waals surface area contributed by atoms with E-state index in [1.165, 1.54) is 32.2 Å². The van der Waals surface area contributed by atoms with Gasteiger partial charge in [0.05, 0.1) is 6.10 Å². The molecule has 1 fully saturated rings. The fourth-order valence-corrected chi connectivity index (χ4v) is 3.26. The lowest BCUT2D eigenvalue weighted by Crippen LogP contribution is -2.40. The first-order chi connectivity index (χ1) is 11.1. The Balaban J connectivity index is 1.82. The molecule has 3 nitrogen and oxygen atoms in total. The van der Waals surface area contributed by atoms with Crippen molar-refractivity contribution < 1.29 is 9.84 Å². The van der Waals surface area contributed by atoms with E-state index in [9.17, 15) is 5.11 Å². The quantitative estimate of drug-likeness (QED) is 0.724. The largest absolute Gasteiger partial charge is 0.489 e. The van der Waals surface area contributed by atoms with Crippen molar-refractivity contribution in [1.82, 2.24) is 4.90 Å². The van der Waals surface area contributed by atoms with Gasteiger partial charge < -0.3 is 14.7 Å². The Kier molecular flexibility index (Phi) is 7.13. The Morgan fingerprint density at radius 3 is 2.74 bits per heavy atom. The Labute approximate surface area is 141 Å². The van der Waals surface area contributed by atoms with Crippen molar-refractivity contribution in [3.8, 4) is 5.75 Å². The highest BCUT2D eigenvalue weighted by Crippen LogP contribution is 2.24. The van der Waals surface area contributed by atoms with Crippen molar-refractivity contribution in [3.63, 3.8) is 0 Å².